The smallest absolute Gasteiger partial charge is 0.347 e. The molecule has 4 atom stereocenters. The highest BCUT2D eigenvalue weighted by Gasteiger charge is 2.43. The summed E-state index contributed by atoms with van der Waals surface area (Å²) in [6, 6.07) is -4.67. The minimum Gasteiger partial charge on any atom is -0.458 e. The topological polar surface area (TPSA) is 186 Å². The normalized spacial score (nSPS) is 20.4. The first kappa shape index (κ1) is 34.0. The number of hydrogen-bond acceptors (Lipinski definition) is 9. The number of Topliss-reactive ketones (excluding diaryl/α,β-unsaturated/α-hetero) is 1. The van der Waals surface area contributed by atoms with E-state index in [0.29, 0.717) is 12.8 Å². The molecule has 1 heterocycles. The number of hydroxylamine groups is 1. The lowest BCUT2D eigenvalue weighted by Crippen LogP contribution is -2.60. The molecule has 4 amide bonds. The van der Waals surface area contributed by atoms with Crippen molar-refractivity contribution in [1.29, 1.82) is 0 Å². The van der Waals surface area contributed by atoms with Gasteiger partial charge in [-0.15, -0.1) is 5.48 Å². The summed E-state index contributed by atoms with van der Waals surface area (Å²) in [4.78, 5) is 82.2. The summed E-state index contributed by atoms with van der Waals surface area (Å²) >= 11 is 0. The molecule has 4 unspecified atom stereocenters. The number of carbonyl (C=O) groups excluding carboxylic acids is 6. The number of nitrogens with two attached hydrogens (primary N) is 1. The number of nitrogens with zero attached hydrogens (tertiary/aromatic N) is 1. The average molecular weight is 582 g/mol. The number of carbonyl (C=O) groups is 6. The van der Waals surface area contributed by atoms with Crippen LogP contribution in [0.3, 0.4) is 0 Å². The van der Waals surface area contributed by atoms with Crippen molar-refractivity contribution in [2.45, 2.75) is 123 Å². The van der Waals surface area contributed by atoms with Crippen molar-refractivity contribution in [1.82, 2.24) is 21.0 Å². The molecule has 0 aromatic carbocycles. The van der Waals surface area contributed by atoms with E-state index in [-0.39, 0.29) is 12.5 Å². The molecule has 2 aliphatic rings. The third-order valence-corrected chi connectivity index (χ3v) is 7.24. The van der Waals surface area contributed by atoms with Crippen LogP contribution < -0.4 is 21.8 Å². The summed E-state index contributed by atoms with van der Waals surface area (Å²) in [6.07, 6.45) is 5.16. The second-order valence-electron chi connectivity index (χ2n) is 13.0. The number of primary amides is 1. The Morgan fingerprint density at radius 3 is 2.02 bits per heavy atom. The Morgan fingerprint density at radius 2 is 1.49 bits per heavy atom. The second kappa shape index (κ2) is 14.1. The van der Waals surface area contributed by atoms with Gasteiger partial charge in [0.05, 0.1) is 0 Å². The van der Waals surface area contributed by atoms with Gasteiger partial charge in [-0.1, -0.05) is 40.0 Å². The van der Waals surface area contributed by atoms with Gasteiger partial charge in [0.1, 0.15) is 29.8 Å². The summed E-state index contributed by atoms with van der Waals surface area (Å²) < 4.78 is 5.52. The number of ether oxygens (including phenoxy) is 1. The minimum atomic E-state index is -1.17. The van der Waals surface area contributed by atoms with Crippen LogP contribution in [-0.2, 0) is 33.5 Å². The SMILES string of the molecule is CC(NOC(=O)C1CCCN1C(=O)C(NC(=O)NC(C(=O)OC(C)(C)C)C(C)(C)C)C1CCCCC1)C(=O)C(N)=O. The number of rotatable bonds is 10. The molecule has 0 bridgehead atoms. The molecular weight excluding hydrogens is 534 g/mol. The summed E-state index contributed by atoms with van der Waals surface area (Å²) in [5.74, 6) is -4.06. The molecule has 1 saturated carbocycles. The van der Waals surface area contributed by atoms with E-state index in [1.165, 1.54) is 11.8 Å². The molecule has 0 radical (unpaired) electrons. The fraction of sp³-hybridized carbons (Fsp3) is 0.786. The van der Waals surface area contributed by atoms with Crippen molar-refractivity contribution in [2.24, 2.45) is 17.1 Å². The van der Waals surface area contributed by atoms with E-state index in [0.717, 1.165) is 32.1 Å². The maximum atomic E-state index is 13.9. The lowest BCUT2D eigenvalue weighted by molar-refractivity contribution is -0.163. The largest absolute Gasteiger partial charge is 0.458 e. The Kier molecular flexibility index (Phi) is 11.7. The highest BCUT2D eigenvalue weighted by atomic mass is 16.7. The molecular formula is C28H47N5O8. The number of ketones is 1. The van der Waals surface area contributed by atoms with Gasteiger partial charge >= 0.3 is 18.0 Å². The van der Waals surface area contributed by atoms with Crippen molar-refractivity contribution in [2.75, 3.05) is 6.54 Å². The van der Waals surface area contributed by atoms with Crippen LogP contribution in [-0.4, -0.2) is 76.8 Å². The molecule has 0 aromatic heterocycles. The van der Waals surface area contributed by atoms with E-state index in [2.05, 4.69) is 16.1 Å². The van der Waals surface area contributed by atoms with Gasteiger partial charge < -0.3 is 30.8 Å². The van der Waals surface area contributed by atoms with E-state index in [1.807, 2.05) is 0 Å². The highest BCUT2D eigenvalue weighted by molar-refractivity contribution is 6.37. The number of hydrogen-bond donors (Lipinski definition) is 4. The third-order valence-electron chi connectivity index (χ3n) is 7.24. The predicted octanol–water partition coefficient (Wildman–Crippen LogP) is 1.47. The van der Waals surface area contributed by atoms with Crippen LogP contribution in [0, 0.1) is 11.3 Å². The van der Waals surface area contributed by atoms with Crippen LogP contribution >= 0.6 is 0 Å². The van der Waals surface area contributed by atoms with Crippen molar-refractivity contribution in [3.8, 4) is 0 Å². The maximum absolute atomic E-state index is 13.9. The van der Waals surface area contributed by atoms with Gasteiger partial charge in [-0.05, 0) is 64.7 Å². The van der Waals surface area contributed by atoms with Crippen LogP contribution in [0.1, 0.15) is 93.4 Å². The Hall–Kier alpha value is -3.22. The molecule has 232 valence electrons. The zero-order valence-corrected chi connectivity index (χ0v) is 25.3. The molecule has 1 saturated heterocycles. The first-order valence-electron chi connectivity index (χ1n) is 14.3. The van der Waals surface area contributed by atoms with Crippen LogP contribution in [0.5, 0.6) is 0 Å². The average Bonchev–Trinajstić information content (AvgIpc) is 3.36. The van der Waals surface area contributed by atoms with E-state index in [4.69, 9.17) is 15.3 Å². The number of urea groups is 1. The second-order valence-corrected chi connectivity index (χ2v) is 13.0. The molecule has 0 aromatic rings. The van der Waals surface area contributed by atoms with Gasteiger partial charge in [-0.2, -0.15) is 0 Å². The van der Waals surface area contributed by atoms with Gasteiger partial charge in [0.25, 0.3) is 5.91 Å². The first-order valence-corrected chi connectivity index (χ1v) is 14.3. The van der Waals surface area contributed by atoms with Gasteiger partial charge in [0.15, 0.2) is 0 Å². The Balaban J connectivity index is 2.19. The lowest BCUT2D eigenvalue weighted by Gasteiger charge is -2.36. The lowest BCUT2D eigenvalue weighted by atomic mass is 9.83. The number of likely N-dealkylation sites (tertiary alicyclic amines) is 1. The van der Waals surface area contributed by atoms with Crippen molar-refractivity contribution in [3.05, 3.63) is 0 Å². The molecule has 2 fully saturated rings. The summed E-state index contributed by atoms with van der Waals surface area (Å²) in [6.45, 7) is 12.2. The molecule has 0 spiro atoms. The Labute approximate surface area is 241 Å². The summed E-state index contributed by atoms with van der Waals surface area (Å²) in [7, 11) is 0. The van der Waals surface area contributed by atoms with Gasteiger partial charge in [0, 0.05) is 6.54 Å². The monoisotopic (exact) mass is 581 g/mol. The van der Waals surface area contributed by atoms with Crippen molar-refractivity contribution in [3.63, 3.8) is 0 Å². The van der Waals surface area contributed by atoms with Crippen LogP contribution in [0.15, 0.2) is 0 Å². The molecule has 13 nitrogen and oxygen atoms in total. The molecule has 1 aliphatic heterocycles. The molecule has 13 heteroatoms. The maximum Gasteiger partial charge on any atom is 0.347 e. The predicted molar refractivity (Wildman–Crippen MR) is 149 cm³/mol. The Morgan fingerprint density at radius 1 is 0.878 bits per heavy atom. The Bertz CT molecular complexity index is 996. The van der Waals surface area contributed by atoms with Crippen LogP contribution in [0.2, 0.25) is 0 Å². The standard InChI is InChI=1S/C28H47N5O8/c1-16(20(34)22(29)35)32-41-24(37)18-14-11-15-33(18)23(36)19(17-12-9-8-10-13-17)30-26(39)31-21(27(2,3)4)25(38)40-28(5,6)7/h16-19,21,32H,8-15H2,1-7H3,(H2,29,35)(H2,30,31,39). The van der Waals surface area contributed by atoms with E-state index in [9.17, 15) is 28.8 Å². The fourth-order valence-corrected chi connectivity index (χ4v) is 5.09. The van der Waals surface area contributed by atoms with Gasteiger partial charge in [-0.25, -0.2) is 14.4 Å². The zero-order chi connectivity index (χ0) is 31.1. The highest BCUT2D eigenvalue weighted by Crippen LogP contribution is 2.30. The van der Waals surface area contributed by atoms with E-state index in [1.54, 1.807) is 41.5 Å². The summed E-state index contributed by atoms with van der Waals surface area (Å²) in [5.41, 5.74) is 5.78. The number of esters is 1. The van der Waals surface area contributed by atoms with Crippen molar-refractivity contribution < 1.29 is 38.3 Å². The minimum absolute atomic E-state index is 0.153. The first-order chi connectivity index (χ1) is 18.9. The zero-order valence-electron chi connectivity index (χ0n) is 25.3. The molecule has 41 heavy (non-hydrogen) atoms. The number of nitrogens with one attached hydrogen (secondary N) is 3. The number of amides is 4. The summed E-state index contributed by atoms with van der Waals surface area (Å²) in [5, 5.41) is 5.52. The molecule has 1 aliphatic carbocycles. The fourth-order valence-electron chi connectivity index (χ4n) is 5.09. The van der Waals surface area contributed by atoms with Gasteiger partial charge in [0.2, 0.25) is 11.7 Å². The van der Waals surface area contributed by atoms with E-state index >= 15 is 0 Å². The third kappa shape index (κ3) is 9.98. The van der Waals surface area contributed by atoms with Crippen LogP contribution in [0.25, 0.3) is 0 Å². The quantitative estimate of drug-likeness (QED) is 0.168. The van der Waals surface area contributed by atoms with E-state index < -0.39 is 70.8 Å². The molecule has 5 N–H and O–H groups in total. The van der Waals surface area contributed by atoms with Crippen LogP contribution in [0.4, 0.5) is 4.79 Å². The molecule has 2 rings (SSSR count). The van der Waals surface area contributed by atoms with Gasteiger partial charge in [-0.3, -0.25) is 14.4 Å². The van der Waals surface area contributed by atoms with Crippen molar-refractivity contribution >= 4 is 35.6 Å².